The molecule has 0 aliphatic carbocycles. The minimum Gasteiger partial charge on any atom is -0.274 e. The molecule has 0 aromatic rings. The number of allylic oxidation sites excluding steroid dienone is 2. The number of hydrogen-bond acceptors (Lipinski definition) is 3. The van der Waals surface area contributed by atoms with Gasteiger partial charge in [-0.2, -0.15) is 0 Å². The quantitative estimate of drug-likeness (QED) is 0.440. The molecule has 0 atom stereocenters. The van der Waals surface area contributed by atoms with Crippen molar-refractivity contribution in [3.05, 3.63) is 25.3 Å². The summed E-state index contributed by atoms with van der Waals surface area (Å²) in [5.74, 6) is -0.789. The van der Waals surface area contributed by atoms with E-state index in [1.807, 2.05) is 12.2 Å². The van der Waals surface area contributed by atoms with Crippen molar-refractivity contribution < 1.29 is 14.4 Å². The normalized spacial score (nSPS) is 16.4. The van der Waals surface area contributed by atoms with Crippen molar-refractivity contribution in [2.45, 2.75) is 59.8 Å². The zero-order chi connectivity index (χ0) is 19.3. The number of carbonyl (C=O) groups excluding carboxylic acids is 3. The van der Waals surface area contributed by atoms with E-state index in [-0.39, 0.29) is 17.3 Å². The number of carbonyl (C=O) groups is 3. The van der Waals surface area contributed by atoms with Crippen LogP contribution in [0, 0.1) is 10.8 Å². The molecule has 5 heteroatoms. The molecule has 0 N–H and O–H groups in total. The molecule has 1 saturated heterocycles. The van der Waals surface area contributed by atoms with Gasteiger partial charge in [-0.05, 0) is 36.5 Å². The highest BCUT2D eigenvalue weighted by Crippen LogP contribution is 2.25. The van der Waals surface area contributed by atoms with Crippen LogP contribution in [0.5, 0.6) is 0 Å². The summed E-state index contributed by atoms with van der Waals surface area (Å²) < 4.78 is 0. The number of imide groups is 2. The van der Waals surface area contributed by atoms with Crippen LogP contribution in [0.2, 0.25) is 0 Å². The van der Waals surface area contributed by atoms with E-state index in [4.69, 9.17) is 0 Å². The Balaban J connectivity index is 2.64. The first kappa shape index (κ1) is 21.1. The Morgan fingerprint density at radius 1 is 0.840 bits per heavy atom. The Morgan fingerprint density at radius 2 is 1.20 bits per heavy atom. The molecule has 0 bridgehead atoms. The van der Waals surface area contributed by atoms with Crippen molar-refractivity contribution in [2.75, 3.05) is 13.1 Å². The molecule has 5 nitrogen and oxygen atoms in total. The fourth-order valence-corrected chi connectivity index (χ4v) is 2.71. The molecule has 1 rings (SSSR count). The number of amides is 4. The average Bonchev–Trinajstić information content (AvgIpc) is 2.53. The van der Waals surface area contributed by atoms with Gasteiger partial charge in [0.05, 0.1) is 0 Å². The lowest BCUT2D eigenvalue weighted by atomic mass is 9.88. The zero-order valence-corrected chi connectivity index (χ0v) is 16.1. The van der Waals surface area contributed by atoms with Crippen LogP contribution in [0.1, 0.15) is 59.8 Å². The summed E-state index contributed by atoms with van der Waals surface area (Å²) in [7, 11) is 0. The monoisotopic (exact) mass is 348 g/mol. The van der Waals surface area contributed by atoms with Gasteiger partial charge >= 0.3 is 6.03 Å². The molecule has 0 aromatic carbocycles. The van der Waals surface area contributed by atoms with Gasteiger partial charge in [0.2, 0.25) is 11.8 Å². The number of barbiturate groups is 1. The lowest BCUT2D eigenvalue weighted by molar-refractivity contribution is -0.142. The summed E-state index contributed by atoms with van der Waals surface area (Å²) in [4.78, 5) is 39.2. The second kappa shape index (κ2) is 8.45. The molecule has 1 aliphatic rings. The second-order valence-corrected chi connectivity index (χ2v) is 8.14. The predicted molar refractivity (Wildman–Crippen MR) is 99.9 cm³/mol. The lowest BCUT2D eigenvalue weighted by Crippen LogP contribution is -2.55. The van der Waals surface area contributed by atoms with Crippen LogP contribution in [-0.4, -0.2) is 40.7 Å². The van der Waals surface area contributed by atoms with Crippen molar-refractivity contribution in [3.63, 3.8) is 0 Å². The van der Waals surface area contributed by atoms with Gasteiger partial charge in [0.25, 0.3) is 0 Å². The second-order valence-electron chi connectivity index (χ2n) is 8.14. The minimum atomic E-state index is -0.478. The molecule has 0 unspecified atom stereocenters. The van der Waals surface area contributed by atoms with Crippen molar-refractivity contribution in [1.29, 1.82) is 0 Å². The molecule has 1 aliphatic heterocycles. The Bertz CT molecular complexity index is 503. The van der Waals surface area contributed by atoms with Crippen molar-refractivity contribution >= 4 is 17.8 Å². The number of rotatable bonds is 10. The van der Waals surface area contributed by atoms with Gasteiger partial charge in [-0.15, -0.1) is 13.2 Å². The third-order valence-corrected chi connectivity index (χ3v) is 4.88. The molecule has 0 saturated carbocycles. The van der Waals surface area contributed by atoms with Gasteiger partial charge in [0, 0.05) is 13.1 Å². The van der Waals surface area contributed by atoms with Crippen LogP contribution in [0.4, 0.5) is 4.79 Å². The molecule has 25 heavy (non-hydrogen) atoms. The molecule has 0 spiro atoms. The van der Waals surface area contributed by atoms with Crippen LogP contribution in [0.25, 0.3) is 0 Å². The third-order valence-electron chi connectivity index (χ3n) is 4.88. The van der Waals surface area contributed by atoms with Crippen LogP contribution in [-0.2, 0) is 9.59 Å². The summed E-state index contributed by atoms with van der Waals surface area (Å²) in [6, 6.07) is -0.478. The first-order valence-corrected chi connectivity index (χ1v) is 8.95. The van der Waals surface area contributed by atoms with E-state index in [1.54, 1.807) is 0 Å². The van der Waals surface area contributed by atoms with Crippen molar-refractivity contribution in [3.8, 4) is 0 Å². The predicted octanol–water partition coefficient (Wildman–Crippen LogP) is 4.15. The Hall–Kier alpha value is -1.91. The van der Waals surface area contributed by atoms with E-state index in [0.29, 0.717) is 25.9 Å². The molecule has 140 valence electrons. The molecular weight excluding hydrogens is 316 g/mol. The maximum absolute atomic E-state index is 12.6. The minimum absolute atomic E-state index is 0.0341. The van der Waals surface area contributed by atoms with Crippen molar-refractivity contribution in [2.24, 2.45) is 10.8 Å². The molecule has 0 radical (unpaired) electrons. The Kier molecular flexibility index (Phi) is 7.15. The van der Waals surface area contributed by atoms with Gasteiger partial charge in [0.15, 0.2) is 0 Å². The smallest absolute Gasteiger partial charge is 0.274 e. The SMILES string of the molecule is C=CC(C)(C)CCCN1C(=O)CC(=O)N(CCCC(C)(C)C=C)C1=O. The summed E-state index contributed by atoms with van der Waals surface area (Å²) in [6.07, 6.45) is 6.59. The molecule has 0 aromatic heterocycles. The summed E-state index contributed by atoms with van der Waals surface area (Å²) in [5.41, 5.74) is -0.0681. The highest BCUT2D eigenvalue weighted by atomic mass is 16.2. The standard InChI is InChI=1S/C20H32N2O3/c1-7-19(3,4)11-9-13-21-16(23)15-17(24)22(18(21)25)14-10-12-20(5,6)8-2/h7-8H,1-2,9-15H2,3-6H3. The Labute approximate surface area is 151 Å². The number of hydrogen-bond donors (Lipinski definition) is 0. The third kappa shape index (κ3) is 6.15. The number of nitrogens with zero attached hydrogens (tertiary/aromatic N) is 2. The van der Waals surface area contributed by atoms with E-state index >= 15 is 0 Å². The van der Waals surface area contributed by atoms with Crippen molar-refractivity contribution in [1.82, 2.24) is 9.80 Å². The van der Waals surface area contributed by atoms with Crippen LogP contribution >= 0.6 is 0 Å². The molecular formula is C20H32N2O3. The first-order valence-electron chi connectivity index (χ1n) is 8.95. The van der Waals surface area contributed by atoms with Gasteiger partial charge < -0.3 is 0 Å². The van der Waals surface area contributed by atoms with Gasteiger partial charge in [-0.25, -0.2) is 4.79 Å². The lowest BCUT2D eigenvalue weighted by Gasteiger charge is -2.33. The average molecular weight is 348 g/mol. The van der Waals surface area contributed by atoms with E-state index < -0.39 is 17.8 Å². The largest absolute Gasteiger partial charge is 0.333 e. The van der Waals surface area contributed by atoms with Crippen LogP contribution in [0.3, 0.4) is 0 Å². The first-order chi connectivity index (χ1) is 11.5. The fourth-order valence-electron chi connectivity index (χ4n) is 2.71. The summed E-state index contributed by atoms with van der Waals surface area (Å²) in [6.45, 7) is 16.6. The fraction of sp³-hybridized carbons (Fsp3) is 0.650. The Morgan fingerprint density at radius 3 is 1.52 bits per heavy atom. The topological polar surface area (TPSA) is 57.7 Å². The number of urea groups is 1. The molecule has 4 amide bonds. The summed E-state index contributed by atoms with van der Waals surface area (Å²) >= 11 is 0. The zero-order valence-electron chi connectivity index (χ0n) is 16.1. The maximum atomic E-state index is 12.6. The summed E-state index contributed by atoms with van der Waals surface area (Å²) in [5, 5.41) is 0. The molecule has 1 heterocycles. The highest BCUT2D eigenvalue weighted by Gasteiger charge is 2.37. The van der Waals surface area contributed by atoms with E-state index in [9.17, 15) is 14.4 Å². The van der Waals surface area contributed by atoms with Crippen LogP contribution in [0.15, 0.2) is 25.3 Å². The van der Waals surface area contributed by atoms with Gasteiger partial charge in [-0.1, -0.05) is 39.8 Å². The molecule has 1 fully saturated rings. The van der Waals surface area contributed by atoms with Gasteiger partial charge in [-0.3, -0.25) is 19.4 Å². The van der Waals surface area contributed by atoms with E-state index in [1.165, 1.54) is 9.80 Å². The van der Waals surface area contributed by atoms with E-state index in [0.717, 1.165) is 12.8 Å². The van der Waals surface area contributed by atoms with Crippen LogP contribution < -0.4 is 0 Å². The maximum Gasteiger partial charge on any atom is 0.333 e. The highest BCUT2D eigenvalue weighted by molar-refractivity contribution is 6.14. The van der Waals surface area contributed by atoms with E-state index in [2.05, 4.69) is 40.9 Å². The van der Waals surface area contributed by atoms with Gasteiger partial charge in [0.1, 0.15) is 6.42 Å².